The zero-order chi connectivity index (χ0) is 19.8. The second-order valence-corrected chi connectivity index (χ2v) is 8.18. The molecule has 0 bridgehead atoms. The summed E-state index contributed by atoms with van der Waals surface area (Å²) in [5.41, 5.74) is 4.10. The fraction of sp³-hybridized carbons (Fsp3) is 0.350. The summed E-state index contributed by atoms with van der Waals surface area (Å²) in [5.74, 6) is -0.354. The Balaban J connectivity index is 2.02. The van der Waals surface area contributed by atoms with E-state index in [1.165, 1.54) is 6.07 Å². The van der Waals surface area contributed by atoms with Crippen LogP contribution >= 0.6 is 27.5 Å². The summed E-state index contributed by atoms with van der Waals surface area (Å²) in [7, 11) is 0. The lowest BCUT2D eigenvalue weighted by Gasteiger charge is -2.17. The summed E-state index contributed by atoms with van der Waals surface area (Å²) >= 11 is 9.78. The highest BCUT2D eigenvalue weighted by atomic mass is 79.9. The van der Waals surface area contributed by atoms with Gasteiger partial charge >= 0.3 is 0 Å². The molecule has 0 aliphatic rings. The first kappa shape index (κ1) is 20.1. The predicted octanol–water partition coefficient (Wildman–Crippen LogP) is 5.70. The number of alkyl halides is 1. The molecule has 0 spiro atoms. The maximum Gasteiger partial charge on any atom is 0.132 e. The number of aromatic amines is 1. The number of benzene rings is 1. The average molecular weight is 455 g/mol. The van der Waals surface area contributed by atoms with E-state index in [0.29, 0.717) is 28.9 Å². The van der Waals surface area contributed by atoms with Crippen LogP contribution in [0.2, 0.25) is 5.02 Å². The Kier molecular flexibility index (Phi) is 5.79. The standard InChI is InChI=1S/C20H22BrClFN3O/c1-12-14(11-25-26(12)8-7-20(2,3)27)19-13(9-21)15(10-24-19)18-16(22)5-4-6-17(18)23/h4-6,10-11,24,27H,7-9H2,1-3H3. The van der Waals surface area contributed by atoms with E-state index < -0.39 is 5.60 Å². The van der Waals surface area contributed by atoms with Gasteiger partial charge in [-0.25, -0.2) is 4.39 Å². The van der Waals surface area contributed by atoms with Crippen molar-refractivity contribution in [3.8, 4) is 22.4 Å². The van der Waals surface area contributed by atoms with Crippen molar-refractivity contribution in [2.75, 3.05) is 0 Å². The van der Waals surface area contributed by atoms with Gasteiger partial charge in [0.1, 0.15) is 5.82 Å². The van der Waals surface area contributed by atoms with Crippen molar-refractivity contribution in [2.45, 2.75) is 44.7 Å². The molecular weight excluding hydrogens is 433 g/mol. The SMILES string of the molecule is Cc1c(-c2[nH]cc(-c3c(F)cccc3Cl)c2CBr)cnn1CCC(C)(C)O. The average Bonchev–Trinajstić information content (AvgIpc) is 3.15. The van der Waals surface area contributed by atoms with Crippen LogP contribution in [0.15, 0.2) is 30.6 Å². The van der Waals surface area contributed by atoms with E-state index in [2.05, 4.69) is 26.0 Å². The van der Waals surface area contributed by atoms with Crippen LogP contribution in [-0.2, 0) is 11.9 Å². The number of halogens is 3. The molecule has 0 atom stereocenters. The number of aromatic nitrogens is 3. The van der Waals surface area contributed by atoms with Crippen LogP contribution in [0.4, 0.5) is 4.39 Å². The number of nitrogens with one attached hydrogen (secondary N) is 1. The van der Waals surface area contributed by atoms with Gasteiger partial charge < -0.3 is 10.1 Å². The summed E-state index contributed by atoms with van der Waals surface area (Å²) < 4.78 is 16.3. The number of hydrogen-bond acceptors (Lipinski definition) is 2. The van der Waals surface area contributed by atoms with Gasteiger partial charge in [-0.3, -0.25) is 4.68 Å². The fourth-order valence-corrected chi connectivity index (χ4v) is 3.95. The minimum absolute atomic E-state index is 0.354. The number of hydrogen-bond donors (Lipinski definition) is 2. The molecule has 4 nitrogen and oxygen atoms in total. The number of H-pyrrole nitrogens is 1. The summed E-state index contributed by atoms with van der Waals surface area (Å²) in [6, 6.07) is 4.69. The summed E-state index contributed by atoms with van der Waals surface area (Å²) in [5, 5.41) is 15.3. The predicted molar refractivity (Wildman–Crippen MR) is 111 cm³/mol. The van der Waals surface area contributed by atoms with Gasteiger partial charge in [-0.1, -0.05) is 33.6 Å². The fourth-order valence-electron chi connectivity index (χ4n) is 3.11. The maximum atomic E-state index is 14.4. The van der Waals surface area contributed by atoms with E-state index in [-0.39, 0.29) is 5.82 Å². The van der Waals surface area contributed by atoms with Crippen LogP contribution in [0.1, 0.15) is 31.5 Å². The molecule has 0 aliphatic heterocycles. The number of aliphatic hydroxyl groups is 1. The highest BCUT2D eigenvalue weighted by molar-refractivity contribution is 9.08. The number of nitrogens with zero attached hydrogens (tertiary/aromatic N) is 2. The van der Waals surface area contributed by atoms with Crippen LogP contribution < -0.4 is 0 Å². The molecule has 0 unspecified atom stereocenters. The highest BCUT2D eigenvalue weighted by Gasteiger charge is 2.21. The molecule has 144 valence electrons. The molecule has 0 aliphatic carbocycles. The van der Waals surface area contributed by atoms with Gasteiger partial charge in [-0.15, -0.1) is 0 Å². The Hall–Kier alpha value is -1.63. The first-order valence-corrected chi connectivity index (χ1v) is 10.2. The summed E-state index contributed by atoms with van der Waals surface area (Å²) in [4.78, 5) is 3.26. The lowest BCUT2D eigenvalue weighted by atomic mass is 10.0. The van der Waals surface area contributed by atoms with E-state index in [0.717, 1.165) is 28.1 Å². The maximum absolute atomic E-state index is 14.4. The Morgan fingerprint density at radius 3 is 2.70 bits per heavy atom. The molecule has 0 fully saturated rings. The second-order valence-electron chi connectivity index (χ2n) is 7.22. The molecular formula is C20H22BrClFN3O. The molecule has 0 saturated carbocycles. The molecule has 3 rings (SSSR count). The van der Waals surface area contributed by atoms with E-state index in [4.69, 9.17) is 11.6 Å². The smallest absolute Gasteiger partial charge is 0.132 e. The quantitative estimate of drug-likeness (QED) is 0.469. The molecule has 27 heavy (non-hydrogen) atoms. The third-order valence-corrected chi connectivity index (χ3v) is 5.54. The van der Waals surface area contributed by atoms with Gasteiger partial charge in [-0.05, 0) is 44.9 Å². The Morgan fingerprint density at radius 2 is 2.07 bits per heavy atom. The van der Waals surface area contributed by atoms with Crippen molar-refractivity contribution in [3.63, 3.8) is 0 Å². The zero-order valence-corrected chi connectivity index (χ0v) is 17.8. The first-order chi connectivity index (χ1) is 12.7. The van der Waals surface area contributed by atoms with Crippen LogP contribution in [0.25, 0.3) is 22.4 Å². The second kappa shape index (κ2) is 7.78. The van der Waals surface area contributed by atoms with Gasteiger partial charge in [0.25, 0.3) is 0 Å². The number of rotatable bonds is 6. The highest BCUT2D eigenvalue weighted by Crippen LogP contribution is 2.39. The summed E-state index contributed by atoms with van der Waals surface area (Å²) in [6.45, 7) is 6.17. The van der Waals surface area contributed by atoms with E-state index >= 15 is 0 Å². The van der Waals surface area contributed by atoms with E-state index in [1.807, 2.05) is 11.6 Å². The first-order valence-electron chi connectivity index (χ1n) is 8.68. The van der Waals surface area contributed by atoms with Gasteiger partial charge in [0, 0.05) is 40.5 Å². The topological polar surface area (TPSA) is 53.8 Å². The Morgan fingerprint density at radius 1 is 1.33 bits per heavy atom. The largest absolute Gasteiger partial charge is 0.390 e. The third-order valence-electron chi connectivity index (χ3n) is 4.66. The minimum Gasteiger partial charge on any atom is -0.390 e. The van der Waals surface area contributed by atoms with Gasteiger partial charge in [0.15, 0.2) is 0 Å². The normalized spacial score (nSPS) is 12.0. The van der Waals surface area contributed by atoms with Gasteiger partial charge in [0.2, 0.25) is 0 Å². The molecule has 7 heteroatoms. The van der Waals surface area contributed by atoms with Gasteiger partial charge in [0.05, 0.1) is 22.5 Å². The summed E-state index contributed by atoms with van der Waals surface area (Å²) in [6.07, 6.45) is 4.18. The van der Waals surface area contributed by atoms with Crippen molar-refractivity contribution in [2.24, 2.45) is 0 Å². The molecule has 1 aromatic carbocycles. The number of aryl methyl sites for hydroxylation is 1. The molecule has 0 saturated heterocycles. The molecule has 0 amide bonds. The lowest BCUT2D eigenvalue weighted by Crippen LogP contribution is -2.21. The van der Waals surface area contributed by atoms with E-state index in [1.54, 1.807) is 38.4 Å². The Bertz CT molecular complexity index is 939. The third kappa shape index (κ3) is 4.13. The van der Waals surface area contributed by atoms with E-state index in [9.17, 15) is 9.50 Å². The van der Waals surface area contributed by atoms with Crippen molar-refractivity contribution >= 4 is 27.5 Å². The van der Waals surface area contributed by atoms with Crippen molar-refractivity contribution in [3.05, 3.63) is 52.7 Å². The van der Waals surface area contributed by atoms with Crippen LogP contribution in [0.5, 0.6) is 0 Å². The van der Waals surface area contributed by atoms with Crippen LogP contribution in [0.3, 0.4) is 0 Å². The Labute approximate surface area is 171 Å². The lowest BCUT2D eigenvalue weighted by molar-refractivity contribution is 0.0649. The monoisotopic (exact) mass is 453 g/mol. The molecule has 2 aromatic heterocycles. The molecule has 3 aromatic rings. The van der Waals surface area contributed by atoms with Crippen molar-refractivity contribution < 1.29 is 9.50 Å². The zero-order valence-electron chi connectivity index (χ0n) is 15.5. The molecule has 0 radical (unpaired) electrons. The van der Waals surface area contributed by atoms with Gasteiger partial charge in [-0.2, -0.15) is 5.10 Å². The molecule has 2 N–H and O–H groups in total. The van der Waals surface area contributed by atoms with Crippen molar-refractivity contribution in [1.29, 1.82) is 0 Å². The molecule has 2 heterocycles. The van der Waals surface area contributed by atoms with Crippen molar-refractivity contribution in [1.82, 2.24) is 14.8 Å². The van der Waals surface area contributed by atoms with Crippen LogP contribution in [-0.4, -0.2) is 25.5 Å². The van der Waals surface area contributed by atoms with Crippen LogP contribution in [0, 0.1) is 12.7 Å². The minimum atomic E-state index is -0.749.